The number of hydrogen-bond acceptors (Lipinski definition) is 2. The molecule has 0 aromatic rings. The van der Waals surface area contributed by atoms with Crippen LogP contribution >= 0.6 is 0 Å². The van der Waals surface area contributed by atoms with Gasteiger partial charge in [-0.1, -0.05) is 38.7 Å². The molecule has 2 fully saturated rings. The van der Waals surface area contributed by atoms with Crippen LogP contribution in [-0.2, 0) is 9.59 Å². The van der Waals surface area contributed by atoms with Crippen LogP contribution in [0.25, 0.3) is 0 Å². The Balaban J connectivity index is 1.61. The van der Waals surface area contributed by atoms with E-state index in [2.05, 4.69) is 11.9 Å². The van der Waals surface area contributed by atoms with Gasteiger partial charge in [-0.15, -0.1) is 0 Å². The number of carbonyl (C=O) groups is 2. The Bertz CT molecular complexity index is 342. The van der Waals surface area contributed by atoms with Crippen molar-refractivity contribution in [2.45, 2.75) is 38.5 Å². The average Bonchev–Trinajstić information content (AvgIpc) is 2.38. The quantitative estimate of drug-likeness (QED) is 0.769. The molecule has 0 atom stereocenters. The van der Waals surface area contributed by atoms with Crippen LogP contribution in [0, 0.1) is 11.8 Å². The molecular formula is C15H24N2O2. The van der Waals surface area contributed by atoms with E-state index in [-0.39, 0.29) is 11.8 Å². The van der Waals surface area contributed by atoms with E-state index in [1.165, 1.54) is 38.2 Å². The summed E-state index contributed by atoms with van der Waals surface area (Å²) in [5.41, 5.74) is 0. The maximum atomic E-state index is 11.9. The van der Waals surface area contributed by atoms with E-state index in [9.17, 15) is 9.59 Å². The zero-order chi connectivity index (χ0) is 13.7. The molecule has 0 bridgehead atoms. The molecular weight excluding hydrogens is 240 g/mol. The van der Waals surface area contributed by atoms with Gasteiger partial charge >= 0.3 is 0 Å². The Labute approximate surface area is 115 Å². The topological polar surface area (TPSA) is 49.4 Å². The Morgan fingerprint density at radius 1 is 1.16 bits per heavy atom. The highest BCUT2D eigenvalue weighted by Crippen LogP contribution is 2.35. The summed E-state index contributed by atoms with van der Waals surface area (Å²) in [6, 6.07) is 0. The van der Waals surface area contributed by atoms with Crippen LogP contribution in [0.3, 0.4) is 0 Å². The number of likely N-dealkylation sites (tertiary alicyclic amines) is 1. The van der Waals surface area contributed by atoms with Gasteiger partial charge in [-0.05, 0) is 17.9 Å². The number of amides is 2. The lowest BCUT2D eigenvalue weighted by Gasteiger charge is -2.44. The summed E-state index contributed by atoms with van der Waals surface area (Å²) < 4.78 is 0. The zero-order valence-electron chi connectivity index (χ0n) is 11.6. The van der Waals surface area contributed by atoms with Gasteiger partial charge in [0.2, 0.25) is 11.8 Å². The standard InChI is InChI=1S/C15H24N2O2/c1-2-14(18)16-9-8-15(19)17-10-13(11-17)12-6-4-3-5-7-12/h2,12-13H,1,3-11H2,(H,16,18). The molecule has 0 unspecified atom stereocenters. The van der Waals surface area contributed by atoms with E-state index >= 15 is 0 Å². The zero-order valence-corrected chi connectivity index (χ0v) is 11.6. The van der Waals surface area contributed by atoms with Gasteiger partial charge in [0.25, 0.3) is 0 Å². The Morgan fingerprint density at radius 3 is 2.47 bits per heavy atom. The molecule has 4 nitrogen and oxygen atoms in total. The highest BCUT2D eigenvalue weighted by Gasteiger charge is 2.35. The fraction of sp³-hybridized carbons (Fsp3) is 0.733. The third kappa shape index (κ3) is 3.82. The molecule has 106 valence electrons. The molecule has 0 aromatic heterocycles. The van der Waals surface area contributed by atoms with Crippen molar-refractivity contribution in [2.24, 2.45) is 11.8 Å². The van der Waals surface area contributed by atoms with Crippen molar-refractivity contribution in [2.75, 3.05) is 19.6 Å². The van der Waals surface area contributed by atoms with Gasteiger partial charge in [0.15, 0.2) is 0 Å². The van der Waals surface area contributed by atoms with Crippen molar-refractivity contribution < 1.29 is 9.59 Å². The second-order valence-corrected chi connectivity index (χ2v) is 5.70. The normalized spacial score (nSPS) is 20.7. The highest BCUT2D eigenvalue weighted by molar-refractivity contribution is 5.87. The van der Waals surface area contributed by atoms with Gasteiger partial charge in [0, 0.05) is 26.1 Å². The average molecular weight is 264 g/mol. The van der Waals surface area contributed by atoms with Crippen LogP contribution in [0.1, 0.15) is 38.5 Å². The summed E-state index contributed by atoms with van der Waals surface area (Å²) in [6.45, 7) is 5.65. The lowest BCUT2D eigenvalue weighted by molar-refractivity contribution is -0.139. The first-order valence-electron chi connectivity index (χ1n) is 7.38. The molecule has 1 saturated carbocycles. The van der Waals surface area contributed by atoms with Crippen molar-refractivity contribution in [1.29, 1.82) is 0 Å². The summed E-state index contributed by atoms with van der Waals surface area (Å²) in [7, 11) is 0. The van der Waals surface area contributed by atoms with Crippen LogP contribution in [-0.4, -0.2) is 36.3 Å². The molecule has 2 aliphatic rings. The smallest absolute Gasteiger partial charge is 0.243 e. The lowest BCUT2D eigenvalue weighted by atomic mass is 9.76. The Kier molecular flexibility index (Phi) is 5.00. The van der Waals surface area contributed by atoms with Crippen LogP contribution in [0.5, 0.6) is 0 Å². The maximum absolute atomic E-state index is 11.9. The van der Waals surface area contributed by atoms with E-state index in [1.807, 2.05) is 4.90 Å². The van der Waals surface area contributed by atoms with Crippen molar-refractivity contribution in [3.63, 3.8) is 0 Å². The summed E-state index contributed by atoms with van der Waals surface area (Å²) in [5, 5.41) is 2.64. The van der Waals surface area contributed by atoms with Crippen molar-refractivity contribution in [3.05, 3.63) is 12.7 Å². The van der Waals surface area contributed by atoms with E-state index in [0.29, 0.717) is 13.0 Å². The van der Waals surface area contributed by atoms with E-state index in [0.717, 1.165) is 24.9 Å². The molecule has 0 radical (unpaired) electrons. The number of rotatable bonds is 5. The van der Waals surface area contributed by atoms with Gasteiger partial charge in [-0.3, -0.25) is 9.59 Å². The fourth-order valence-corrected chi connectivity index (χ4v) is 3.14. The fourth-order valence-electron chi connectivity index (χ4n) is 3.14. The van der Waals surface area contributed by atoms with Gasteiger partial charge < -0.3 is 10.2 Å². The van der Waals surface area contributed by atoms with Crippen LogP contribution < -0.4 is 5.32 Å². The molecule has 1 N–H and O–H groups in total. The predicted molar refractivity (Wildman–Crippen MR) is 74.5 cm³/mol. The van der Waals surface area contributed by atoms with Crippen LogP contribution in [0.4, 0.5) is 0 Å². The maximum Gasteiger partial charge on any atom is 0.243 e. The van der Waals surface area contributed by atoms with Crippen LogP contribution in [0.2, 0.25) is 0 Å². The Hall–Kier alpha value is -1.32. The number of carbonyl (C=O) groups excluding carboxylic acids is 2. The summed E-state index contributed by atoms with van der Waals surface area (Å²) in [4.78, 5) is 24.8. The minimum atomic E-state index is -0.212. The molecule has 19 heavy (non-hydrogen) atoms. The lowest BCUT2D eigenvalue weighted by Crippen LogP contribution is -2.53. The molecule has 0 aromatic carbocycles. The van der Waals surface area contributed by atoms with E-state index in [1.54, 1.807) is 0 Å². The SMILES string of the molecule is C=CC(=O)NCCC(=O)N1CC(C2CCCCC2)C1. The van der Waals surface area contributed by atoms with Gasteiger partial charge in [0.1, 0.15) is 0 Å². The molecule has 1 saturated heterocycles. The van der Waals surface area contributed by atoms with E-state index < -0.39 is 0 Å². The van der Waals surface area contributed by atoms with Gasteiger partial charge in [0.05, 0.1) is 0 Å². The number of hydrogen-bond donors (Lipinski definition) is 1. The first-order chi connectivity index (χ1) is 9.20. The third-order valence-electron chi connectivity index (χ3n) is 4.40. The summed E-state index contributed by atoms with van der Waals surface area (Å²) in [6.07, 6.45) is 8.44. The van der Waals surface area contributed by atoms with E-state index in [4.69, 9.17) is 0 Å². The Morgan fingerprint density at radius 2 is 1.84 bits per heavy atom. The second-order valence-electron chi connectivity index (χ2n) is 5.70. The van der Waals surface area contributed by atoms with Crippen molar-refractivity contribution in [1.82, 2.24) is 10.2 Å². The molecule has 1 aliphatic heterocycles. The predicted octanol–water partition coefficient (Wildman–Crippen LogP) is 1.72. The molecule has 0 spiro atoms. The minimum Gasteiger partial charge on any atom is -0.352 e. The molecule has 2 rings (SSSR count). The largest absolute Gasteiger partial charge is 0.352 e. The van der Waals surface area contributed by atoms with Gasteiger partial charge in [-0.25, -0.2) is 0 Å². The molecule has 1 heterocycles. The molecule has 1 aliphatic carbocycles. The first-order valence-corrected chi connectivity index (χ1v) is 7.38. The monoisotopic (exact) mass is 264 g/mol. The second kappa shape index (κ2) is 6.73. The summed E-state index contributed by atoms with van der Waals surface area (Å²) in [5.74, 6) is 1.53. The minimum absolute atomic E-state index is 0.163. The molecule has 2 amide bonds. The number of nitrogens with zero attached hydrogens (tertiary/aromatic N) is 1. The van der Waals surface area contributed by atoms with Gasteiger partial charge in [-0.2, -0.15) is 0 Å². The first kappa shape index (κ1) is 14.1. The third-order valence-corrected chi connectivity index (χ3v) is 4.40. The highest BCUT2D eigenvalue weighted by atomic mass is 16.2. The van der Waals surface area contributed by atoms with Crippen molar-refractivity contribution >= 4 is 11.8 Å². The van der Waals surface area contributed by atoms with Crippen molar-refractivity contribution in [3.8, 4) is 0 Å². The van der Waals surface area contributed by atoms with Crippen LogP contribution in [0.15, 0.2) is 12.7 Å². The number of nitrogens with one attached hydrogen (secondary N) is 1. The molecule has 4 heteroatoms. The summed E-state index contributed by atoms with van der Waals surface area (Å²) >= 11 is 0.